The van der Waals surface area contributed by atoms with Crippen molar-refractivity contribution < 1.29 is 9.47 Å². The first kappa shape index (κ1) is 15.3. The van der Waals surface area contributed by atoms with E-state index in [1.165, 1.54) is 11.9 Å². The summed E-state index contributed by atoms with van der Waals surface area (Å²) in [4.78, 5) is 10.7. The van der Waals surface area contributed by atoms with Crippen molar-refractivity contribution in [3.63, 3.8) is 0 Å². The number of para-hydroxylation sites is 3. The number of benzene rings is 2. The van der Waals surface area contributed by atoms with Crippen molar-refractivity contribution in [2.75, 3.05) is 24.3 Å². The van der Waals surface area contributed by atoms with Gasteiger partial charge in [0.15, 0.2) is 17.3 Å². The fourth-order valence-corrected chi connectivity index (χ4v) is 3.03. The number of hydrogen-bond acceptors (Lipinski definition) is 6. The number of anilines is 3. The smallest absolute Gasteiger partial charge is 0.248 e. The zero-order valence-electron chi connectivity index (χ0n) is 13.8. The van der Waals surface area contributed by atoms with Crippen molar-refractivity contribution in [3.05, 3.63) is 60.4 Å². The molecule has 4 rings (SSSR count). The van der Waals surface area contributed by atoms with Gasteiger partial charge in [-0.3, -0.25) is 0 Å². The number of nitrogens with two attached hydrogens (primary N) is 1. The molecule has 3 aromatic rings. The third-order valence-electron chi connectivity index (χ3n) is 4.24. The molecule has 0 aliphatic carbocycles. The Hall–Kier alpha value is -3.28. The van der Waals surface area contributed by atoms with Crippen LogP contribution >= 0.6 is 0 Å². The topological polar surface area (TPSA) is 73.5 Å². The second kappa shape index (κ2) is 6.32. The summed E-state index contributed by atoms with van der Waals surface area (Å²) in [5.74, 6) is 2.15. The molecule has 6 heteroatoms. The number of methoxy groups -OCH3 is 1. The Morgan fingerprint density at radius 2 is 1.76 bits per heavy atom. The summed E-state index contributed by atoms with van der Waals surface area (Å²) >= 11 is 0. The molecule has 1 aliphatic heterocycles. The first-order valence-corrected chi connectivity index (χ1v) is 8.04. The Kier molecular flexibility index (Phi) is 3.85. The average Bonchev–Trinajstić information content (AvgIpc) is 3.08. The lowest BCUT2D eigenvalue weighted by atomic mass is 10.2. The molecular formula is C19H18N4O2. The number of nitrogen functional groups attached to an aromatic ring is 1. The summed E-state index contributed by atoms with van der Waals surface area (Å²) in [6.07, 6.45) is 2.43. The van der Waals surface area contributed by atoms with Crippen LogP contribution in [-0.4, -0.2) is 23.6 Å². The Labute approximate surface area is 145 Å². The quantitative estimate of drug-likeness (QED) is 0.786. The maximum atomic E-state index is 6.33. The number of aromatic nitrogens is 2. The van der Waals surface area contributed by atoms with Crippen molar-refractivity contribution in [3.8, 4) is 17.4 Å². The second-order valence-corrected chi connectivity index (χ2v) is 5.70. The first-order chi connectivity index (χ1) is 12.3. The van der Waals surface area contributed by atoms with Crippen molar-refractivity contribution in [2.24, 2.45) is 0 Å². The average molecular weight is 334 g/mol. The van der Waals surface area contributed by atoms with Crippen LogP contribution in [-0.2, 0) is 6.42 Å². The normalized spacial score (nSPS) is 12.8. The van der Waals surface area contributed by atoms with Crippen molar-refractivity contribution in [1.82, 2.24) is 9.97 Å². The van der Waals surface area contributed by atoms with E-state index in [-0.39, 0.29) is 0 Å². The third-order valence-corrected chi connectivity index (χ3v) is 4.24. The van der Waals surface area contributed by atoms with E-state index in [9.17, 15) is 0 Å². The van der Waals surface area contributed by atoms with Gasteiger partial charge in [0.1, 0.15) is 12.0 Å². The van der Waals surface area contributed by atoms with E-state index in [0.29, 0.717) is 28.9 Å². The van der Waals surface area contributed by atoms with Crippen LogP contribution in [0.3, 0.4) is 0 Å². The molecule has 6 nitrogen and oxygen atoms in total. The van der Waals surface area contributed by atoms with Gasteiger partial charge in [-0.2, -0.15) is 4.98 Å². The Morgan fingerprint density at radius 3 is 2.60 bits per heavy atom. The zero-order valence-corrected chi connectivity index (χ0v) is 13.8. The van der Waals surface area contributed by atoms with Gasteiger partial charge in [-0.25, -0.2) is 4.98 Å². The number of hydrogen-bond donors (Lipinski definition) is 1. The molecular weight excluding hydrogens is 316 g/mol. The maximum Gasteiger partial charge on any atom is 0.248 e. The molecule has 2 N–H and O–H groups in total. The van der Waals surface area contributed by atoms with Gasteiger partial charge in [-0.15, -0.1) is 0 Å². The van der Waals surface area contributed by atoms with E-state index in [1.807, 2.05) is 36.4 Å². The largest absolute Gasteiger partial charge is 0.493 e. The van der Waals surface area contributed by atoms with Gasteiger partial charge in [-0.05, 0) is 30.2 Å². The maximum absolute atomic E-state index is 6.33. The molecule has 1 aliphatic rings. The van der Waals surface area contributed by atoms with Crippen LogP contribution in [0.1, 0.15) is 5.56 Å². The molecule has 0 fully saturated rings. The molecule has 0 saturated heterocycles. The lowest BCUT2D eigenvalue weighted by molar-refractivity contribution is 0.374. The molecule has 2 aromatic carbocycles. The number of rotatable bonds is 4. The highest BCUT2D eigenvalue weighted by molar-refractivity contribution is 5.77. The number of nitrogens with zero attached hydrogens (tertiary/aromatic N) is 3. The van der Waals surface area contributed by atoms with Crippen LogP contribution in [0.4, 0.5) is 17.2 Å². The molecule has 0 radical (unpaired) electrons. The van der Waals surface area contributed by atoms with Gasteiger partial charge in [0.25, 0.3) is 0 Å². The van der Waals surface area contributed by atoms with Crippen LogP contribution < -0.4 is 20.1 Å². The molecule has 2 heterocycles. The van der Waals surface area contributed by atoms with Gasteiger partial charge in [-0.1, -0.05) is 30.3 Å². The molecule has 126 valence electrons. The zero-order chi connectivity index (χ0) is 17.2. The molecule has 0 unspecified atom stereocenters. The van der Waals surface area contributed by atoms with Gasteiger partial charge in [0.05, 0.1) is 7.11 Å². The standard InChI is InChI=1S/C19H18N4O2/c1-24-15-8-4-5-9-16(15)25-19-17(20)18(21-12-22-19)23-11-10-13-6-2-3-7-14(13)23/h2-9,12H,10-11,20H2,1H3. The molecule has 0 bridgehead atoms. The molecule has 0 spiro atoms. The molecule has 0 atom stereocenters. The highest BCUT2D eigenvalue weighted by Gasteiger charge is 2.24. The van der Waals surface area contributed by atoms with Crippen LogP contribution in [0.25, 0.3) is 0 Å². The lowest BCUT2D eigenvalue weighted by Gasteiger charge is -2.21. The fourth-order valence-electron chi connectivity index (χ4n) is 3.03. The minimum Gasteiger partial charge on any atom is -0.493 e. The van der Waals surface area contributed by atoms with Crippen molar-refractivity contribution >= 4 is 17.2 Å². The second-order valence-electron chi connectivity index (χ2n) is 5.70. The minimum absolute atomic E-state index is 0.318. The first-order valence-electron chi connectivity index (χ1n) is 8.04. The predicted molar refractivity (Wildman–Crippen MR) is 96.7 cm³/mol. The lowest BCUT2D eigenvalue weighted by Crippen LogP contribution is -2.17. The Balaban J connectivity index is 1.70. The molecule has 0 amide bonds. The van der Waals surface area contributed by atoms with E-state index in [1.54, 1.807) is 7.11 Å². The van der Waals surface area contributed by atoms with Crippen LogP contribution in [0.15, 0.2) is 54.9 Å². The SMILES string of the molecule is COc1ccccc1Oc1ncnc(N2CCc3ccccc32)c1N. The van der Waals surface area contributed by atoms with E-state index >= 15 is 0 Å². The summed E-state index contributed by atoms with van der Waals surface area (Å²) in [7, 11) is 1.60. The summed E-state index contributed by atoms with van der Waals surface area (Å²) in [6, 6.07) is 15.6. The third kappa shape index (κ3) is 2.71. The number of fused-ring (bicyclic) bond motifs is 1. The minimum atomic E-state index is 0.318. The summed E-state index contributed by atoms with van der Waals surface area (Å²) in [6.45, 7) is 0.828. The van der Waals surface area contributed by atoms with E-state index in [4.69, 9.17) is 15.2 Å². The fraction of sp³-hybridized carbons (Fsp3) is 0.158. The van der Waals surface area contributed by atoms with Gasteiger partial charge >= 0.3 is 0 Å². The number of ether oxygens (including phenoxy) is 2. The van der Waals surface area contributed by atoms with Crippen molar-refractivity contribution in [2.45, 2.75) is 6.42 Å². The highest BCUT2D eigenvalue weighted by Crippen LogP contribution is 2.40. The Bertz CT molecular complexity index is 913. The molecule has 25 heavy (non-hydrogen) atoms. The van der Waals surface area contributed by atoms with Crippen LogP contribution in [0.2, 0.25) is 0 Å². The molecule has 0 saturated carbocycles. The Morgan fingerprint density at radius 1 is 1.00 bits per heavy atom. The van der Waals surface area contributed by atoms with Crippen LogP contribution in [0, 0.1) is 0 Å². The summed E-state index contributed by atoms with van der Waals surface area (Å²) < 4.78 is 11.2. The molecule has 1 aromatic heterocycles. The van der Waals surface area contributed by atoms with E-state index in [0.717, 1.165) is 18.7 Å². The van der Waals surface area contributed by atoms with E-state index < -0.39 is 0 Å². The van der Waals surface area contributed by atoms with Gasteiger partial charge < -0.3 is 20.1 Å². The monoisotopic (exact) mass is 334 g/mol. The summed E-state index contributed by atoms with van der Waals surface area (Å²) in [5, 5.41) is 0. The van der Waals surface area contributed by atoms with Gasteiger partial charge in [0, 0.05) is 12.2 Å². The summed E-state index contributed by atoms with van der Waals surface area (Å²) in [5.41, 5.74) is 9.14. The highest BCUT2D eigenvalue weighted by atomic mass is 16.5. The van der Waals surface area contributed by atoms with Crippen LogP contribution in [0.5, 0.6) is 17.4 Å². The van der Waals surface area contributed by atoms with Crippen molar-refractivity contribution in [1.29, 1.82) is 0 Å². The van der Waals surface area contributed by atoms with E-state index in [2.05, 4.69) is 27.0 Å². The predicted octanol–water partition coefficient (Wildman–Crippen LogP) is 3.55. The van der Waals surface area contributed by atoms with Gasteiger partial charge in [0.2, 0.25) is 5.88 Å².